The van der Waals surface area contributed by atoms with Crippen LogP contribution in [0.1, 0.15) is 16.1 Å². The van der Waals surface area contributed by atoms with Crippen LogP contribution in [0, 0.1) is 11.3 Å². The maximum absolute atomic E-state index is 11.2. The van der Waals surface area contributed by atoms with Crippen LogP contribution < -0.4 is 10.5 Å². The standard InChI is InChI=1S/C19H12BrN3O2/c20-15-10-12(11-21)4-9-18(15)25-14-7-5-13(6-8-14)16-2-1-3-17(23-16)19(22)24/h1-10H,(H2,22,24). The van der Waals surface area contributed by atoms with Crippen LogP contribution in [0.3, 0.4) is 0 Å². The minimum atomic E-state index is -0.563. The summed E-state index contributed by atoms with van der Waals surface area (Å²) >= 11 is 3.39. The highest BCUT2D eigenvalue weighted by atomic mass is 79.9. The predicted molar refractivity (Wildman–Crippen MR) is 97.1 cm³/mol. The van der Waals surface area contributed by atoms with Crippen molar-refractivity contribution in [2.45, 2.75) is 0 Å². The number of primary amides is 1. The van der Waals surface area contributed by atoms with Gasteiger partial charge in [-0.15, -0.1) is 0 Å². The maximum atomic E-state index is 11.2. The van der Waals surface area contributed by atoms with Crippen molar-refractivity contribution in [3.63, 3.8) is 0 Å². The quantitative estimate of drug-likeness (QED) is 0.716. The normalized spacial score (nSPS) is 10.1. The molecule has 0 aliphatic heterocycles. The second-order valence-electron chi connectivity index (χ2n) is 5.16. The summed E-state index contributed by atoms with van der Waals surface area (Å²) in [5, 5.41) is 8.89. The number of nitriles is 1. The number of carbonyl (C=O) groups excluding carboxylic acids is 1. The maximum Gasteiger partial charge on any atom is 0.267 e. The van der Waals surface area contributed by atoms with Gasteiger partial charge in [-0.3, -0.25) is 4.79 Å². The fraction of sp³-hybridized carbons (Fsp3) is 0. The summed E-state index contributed by atoms with van der Waals surface area (Å²) in [4.78, 5) is 15.5. The highest BCUT2D eigenvalue weighted by Gasteiger charge is 2.07. The topological polar surface area (TPSA) is 89.0 Å². The lowest BCUT2D eigenvalue weighted by Crippen LogP contribution is -2.12. The fourth-order valence-electron chi connectivity index (χ4n) is 2.21. The summed E-state index contributed by atoms with van der Waals surface area (Å²) in [6, 6.07) is 19.6. The predicted octanol–water partition coefficient (Wildman–Crippen LogP) is 4.27. The van der Waals surface area contributed by atoms with Crippen LogP contribution in [-0.4, -0.2) is 10.9 Å². The molecule has 0 saturated heterocycles. The Morgan fingerprint density at radius 3 is 2.52 bits per heavy atom. The Hall–Kier alpha value is -3.17. The van der Waals surface area contributed by atoms with E-state index in [1.165, 1.54) is 0 Å². The van der Waals surface area contributed by atoms with Crippen LogP contribution >= 0.6 is 15.9 Å². The summed E-state index contributed by atoms with van der Waals surface area (Å²) in [5.74, 6) is 0.688. The molecule has 6 heteroatoms. The molecule has 1 heterocycles. The Morgan fingerprint density at radius 2 is 1.88 bits per heavy atom. The molecular formula is C19H12BrN3O2. The van der Waals surface area contributed by atoms with Crippen LogP contribution in [-0.2, 0) is 0 Å². The molecule has 5 nitrogen and oxygen atoms in total. The summed E-state index contributed by atoms with van der Waals surface area (Å²) in [6.45, 7) is 0. The van der Waals surface area contributed by atoms with Gasteiger partial charge >= 0.3 is 0 Å². The van der Waals surface area contributed by atoms with Crippen molar-refractivity contribution in [2.75, 3.05) is 0 Å². The monoisotopic (exact) mass is 393 g/mol. The van der Waals surface area contributed by atoms with Crippen LogP contribution in [0.2, 0.25) is 0 Å². The number of hydrogen-bond donors (Lipinski definition) is 1. The van der Waals surface area contributed by atoms with Gasteiger partial charge in [-0.2, -0.15) is 5.26 Å². The summed E-state index contributed by atoms with van der Waals surface area (Å²) in [6.07, 6.45) is 0. The smallest absolute Gasteiger partial charge is 0.267 e. The molecule has 2 aromatic carbocycles. The third-order valence-corrected chi connectivity index (χ3v) is 4.06. The summed E-state index contributed by atoms with van der Waals surface area (Å²) < 4.78 is 6.51. The van der Waals surface area contributed by atoms with Gasteiger partial charge in [0.1, 0.15) is 17.2 Å². The third-order valence-electron chi connectivity index (χ3n) is 3.44. The SMILES string of the molecule is N#Cc1ccc(Oc2ccc(-c3cccc(C(N)=O)n3)cc2)c(Br)c1. The van der Waals surface area contributed by atoms with E-state index in [2.05, 4.69) is 27.0 Å². The lowest BCUT2D eigenvalue weighted by atomic mass is 10.1. The molecule has 1 aromatic heterocycles. The molecule has 122 valence electrons. The van der Waals surface area contributed by atoms with Gasteiger partial charge in [-0.25, -0.2) is 4.98 Å². The molecule has 0 saturated carbocycles. The number of nitrogens with two attached hydrogens (primary N) is 1. The van der Waals surface area contributed by atoms with Gasteiger partial charge < -0.3 is 10.5 Å². The molecule has 0 aliphatic rings. The molecule has 25 heavy (non-hydrogen) atoms. The summed E-state index contributed by atoms with van der Waals surface area (Å²) in [7, 11) is 0. The first-order valence-corrected chi connectivity index (χ1v) is 8.11. The third kappa shape index (κ3) is 3.84. The molecule has 2 N–H and O–H groups in total. The van der Waals surface area contributed by atoms with E-state index >= 15 is 0 Å². The van der Waals surface area contributed by atoms with Crippen LogP contribution in [0.5, 0.6) is 11.5 Å². The number of rotatable bonds is 4. The van der Waals surface area contributed by atoms with Crippen molar-refractivity contribution in [1.82, 2.24) is 4.98 Å². The number of hydrogen-bond acceptors (Lipinski definition) is 4. The molecular weight excluding hydrogens is 382 g/mol. The molecule has 0 spiro atoms. The van der Waals surface area contributed by atoms with Crippen LogP contribution in [0.4, 0.5) is 0 Å². The first-order chi connectivity index (χ1) is 12.1. The second-order valence-corrected chi connectivity index (χ2v) is 6.01. The van der Waals surface area contributed by atoms with Crippen molar-refractivity contribution in [2.24, 2.45) is 5.73 Å². The van der Waals surface area contributed by atoms with E-state index in [-0.39, 0.29) is 5.69 Å². The first kappa shape index (κ1) is 16.7. The van der Waals surface area contributed by atoms with Gasteiger partial charge in [0, 0.05) is 5.56 Å². The number of amides is 1. The number of benzene rings is 2. The first-order valence-electron chi connectivity index (χ1n) is 7.31. The van der Waals surface area contributed by atoms with E-state index in [1.807, 2.05) is 12.1 Å². The minimum absolute atomic E-state index is 0.222. The van der Waals surface area contributed by atoms with E-state index in [9.17, 15) is 4.79 Å². The molecule has 0 unspecified atom stereocenters. The lowest BCUT2D eigenvalue weighted by molar-refractivity contribution is 0.0995. The average molecular weight is 394 g/mol. The van der Waals surface area contributed by atoms with Gasteiger partial charge in [0.05, 0.1) is 21.8 Å². The molecule has 1 amide bonds. The number of aromatic nitrogens is 1. The average Bonchev–Trinajstić information content (AvgIpc) is 2.64. The molecule has 3 rings (SSSR count). The van der Waals surface area contributed by atoms with Crippen LogP contribution in [0.25, 0.3) is 11.3 Å². The van der Waals surface area contributed by atoms with E-state index in [0.717, 1.165) is 5.56 Å². The highest BCUT2D eigenvalue weighted by molar-refractivity contribution is 9.10. The van der Waals surface area contributed by atoms with E-state index in [4.69, 9.17) is 15.7 Å². The van der Waals surface area contributed by atoms with E-state index < -0.39 is 5.91 Å². The zero-order valence-corrected chi connectivity index (χ0v) is 14.5. The van der Waals surface area contributed by atoms with Crippen LogP contribution in [0.15, 0.2) is 65.1 Å². The van der Waals surface area contributed by atoms with Crippen molar-refractivity contribution < 1.29 is 9.53 Å². The zero-order valence-electron chi connectivity index (χ0n) is 12.9. The largest absolute Gasteiger partial charge is 0.456 e. The Bertz CT molecular complexity index is 979. The van der Waals surface area contributed by atoms with Gasteiger partial charge in [-0.1, -0.05) is 6.07 Å². The number of carbonyl (C=O) groups is 1. The van der Waals surface area contributed by atoms with Crippen molar-refractivity contribution in [1.29, 1.82) is 5.26 Å². The van der Waals surface area contributed by atoms with Gasteiger partial charge in [0.2, 0.25) is 0 Å². The van der Waals surface area contributed by atoms with Gasteiger partial charge in [0.25, 0.3) is 5.91 Å². The minimum Gasteiger partial charge on any atom is -0.456 e. The molecule has 0 atom stereocenters. The number of pyridine rings is 1. The van der Waals surface area contributed by atoms with Gasteiger partial charge in [0.15, 0.2) is 0 Å². The Balaban J connectivity index is 1.82. The van der Waals surface area contributed by atoms with Crippen molar-refractivity contribution >= 4 is 21.8 Å². The number of halogens is 1. The fourth-order valence-corrected chi connectivity index (χ4v) is 2.67. The Morgan fingerprint density at radius 1 is 1.12 bits per heavy atom. The van der Waals surface area contributed by atoms with Gasteiger partial charge in [-0.05, 0) is 70.5 Å². The molecule has 0 bridgehead atoms. The molecule has 0 aliphatic carbocycles. The highest BCUT2D eigenvalue weighted by Crippen LogP contribution is 2.31. The van der Waals surface area contributed by atoms with Crippen molar-refractivity contribution in [3.05, 3.63) is 76.4 Å². The lowest BCUT2D eigenvalue weighted by Gasteiger charge is -2.09. The Kier molecular flexibility index (Phi) is 4.78. The van der Waals surface area contributed by atoms with Crippen molar-refractivity contribution in [3.8, 4) is 28.8 Å². The number of ether oxygens (including phenoxy) is 1. The second kappa shape index (κ2) is 7.16. The van der Waals surface area contributed by atoms with E-state index in [0.29, 0.717) is 27.2 Å². The van der Waals surface area contributed by atoms with E-state index in [1.54, 1.807) is 48.5 Å². The zero-order chi connectivity index (χ0) is 17.8. The Labute approximate surface area is 152 Å². The summed E-state index contributed by atoms with van der Waals surface area (Å²) in [5.41, 5.74) is 7.53. The molecule has 3 aromatic rings. The molecule has 0 radical (unpaired) electrons. The molecule has 0 fully saturated rings. The number of nitrogens with zero attached hydrogens (tertiary/aromatic N) is 2.